The van der Waals surface area contributed by atoms with Gasteiger partial charge in [-0.15, -0.1) is 0 Å². The van der Waals surface area contributed by atoms with Gasteiger partial charge in [-0.2, -0.15) is 4.98 Å². The van der Waals surface area contributed by atoms with Gasteiger partial charge in [0.25, 0.3) is 5.89 Å². The van der Waals surface area contributed by atoms with Gasteiger partial charge in [0.2, 0.25) is 5.91 Å². The van der Waals surface area contributed by atoms with Crippen LogP contribution < -0.4 is 10.1 Å². The second-order valence-electron chi connectivity index (χ2n) is 6.88. The normalized spacial score (nSPS) is 13.6. The number of aromatic nitrogens is 3. The Kier molecular flexibility index (Phi) is 4.43. The van der Waals surface area contributed by atoms with Gasteiger partial charge < -0.3 is 19.1 Å². The largest absolute Gasteiger partial charge is 0.497 e. The van der Waals surface area contributed by atoms with Crippen molar-refractivity contribution in [2.75, 3.05) is 12.4 Å². The number of nitrogens with one attached hydrogen (secondary N) is 1. The van der Waals surface area contributed by atoms with Crippen molar-refractivity contribution < 1.29 is 14.1 Å². The summed E-state index contributed by atoms with van der Waals surface area (Å²) in [5.74, 6) is 2.40. The maximum Gasteiger partial charge on any atom is 0.259 e. The maximum absolute atomic E-state index is 12.5. The van der Waals surface area contributed by atoms with E-state index in [2.05, 4.69) is 15.5 Å². The fourth-order valence-corrected chi connectivity index (χ4v) is 3.13. The number of ether oxygens (including phenoxy) is 1. The van der Waals surface area contributed by atoms with Crippen LogP contribution in [0.25, 0.3) is 11.5 Å². The first-order valence-corrected chi connectivity index (χ1v) is 8.99. The Morgan fingerprint density at radius 2 is 2.04 bits per heavy atom. The van der Waals surface area contributed by atoms with Crippen molar-refractivity contribution in [3.05, 3.63) is 47.5 Å². The van der Waals surface area contributed by atoms with Crippen LogP contribution in [-0.4, -0.2) is 27.7 Å². The molecule has 27 heavy (non-hydrogen) atoms. The molecular weight excluding hydrogens is 344 g/mol. The lowest BCUT2D eigenvalue weighted by Crippen LogP contribution is -2.20. The fraction of sp³-hybridized carbons (Fsp3) is 0.350. The molecular formula is C20H22N4O3. The number of carbonyl (C=O) groups is 1. The SMILES string of the molecule is COc1ccc(NC(=O)Cn2c(C)cc(-c3nc(C4CC4)no3)c2C)cc1. The number of anilines is 1. The summed E-state index contributed by atoms with van der Waals surface area (Å²) >= 11 is 0. The first-order valence-electron chi connectivity index (χ1n) is 8.99. The van der Waals surface area contributed by atoms with Crippen molar-refractivity contribution >= 4 is 11.6 Å². The average Bonchev–Trinajstić information content (AvgIpc) is 3.34. The zero-order valence-electron chi connectivity index (χ0n) is 15.7. The fourth-order valence-electron chi connectivity index (χ4n) is 3.13. The second kappa shape index (κ2) is 6.90. The summed E-state index contributed by atoms with van der Waals surface area (Å²) in [7, 11) is 1.61. The zero-order chi connectivity index (χ0) is 19.0. The molecule has 1 N–H and O–H groups in total. The molecule has 0 aliphatic heterocycles. The number of aryl methyl sites for hydroxylation is 1. The summed E-state index contributed by atoms with van der Waals surface area (Å²) in [6.45, 7) is 4.15. The number of nitrogens with zero attached hydrogens (tertiary/aromatic N) is 3. The van der Waals surface area contributed by atoms with E-state index in [1.54, 1.807) is 7.11 Å². The lowest BCUT2D eigenvalue weighted by atomic mass is 10.2. The van der Waals surface area contributed by atoms with Crippen LogP contribution in [0.15, 0.2) is 34.9 Å². The van der Waals surface area contributed by atoms with Crippen LogP contribution in [0.2, 0.25) is 0 Å². The summed E-state index contributed by atoms with van der Waals surface area (Å²) in [6.07, 6.45) is 2.26. The van der Waals surface area contributed by atoms with E-state index in [-0.39, 0.29) is 12.5 Å². The van der Waals surface area contributed by atoms with Crippen molar-refractivity contribution in [2.45, 2.75) is 39.2 Å². The Balaban J connectivity index is 1.49. The topological polar surface area (TPSA) is 82.2 Å². The maximum atomic E-state index is 12.5. The molecule has 1 fully saturated rings. The van der Waals surface area contributed by atoms with Crippen LogP contribution >= 0.6 is 0 Å². The molecule has 2 aromatic heterocycles. The minimum atomic E-state index is -0.0993. The summed E-state index contributed by atoms with van der Waals surface area (Å²) < 4.78 is 12.5. The monoisotopic (exact) mass is 366 g/mol. The zero-order valence-corrected chi connectivity index (χ0v) is 15.7. The highest BCUT2D eigenvalue weighted by atomic mass is 16.5. The van der Waals surface area contributed by atoms with Crippen LogP contribution in [-0.2, 0) is 11.3 Å². The van der Waals surface area contributed by atoms with Crippen LogP contribution in [0.4, 0.5) is 5.69 Å². The van der Waals surface area contributed by atoms with Crippen LogP contribution in [0.3, 0.4) is 0 Å². The molecule has 0 unspecified atom stereocenters. The van der Waals surface area contributed by atoms with E-state index < -0.39 is 0 Å². The number of rotatable bonds is 6. The highest BCUT2D eigenvalue weighted by Crippen LogP contribution is 2.39. The smallest absolute Gasteiger partial charge is 0.259 e. The Hall–Kier alpha value is -3.09. The van der Waals surface area contributed by atoms with Gasteiger partial charge in [0, 0.05) is 23.0 Å². The molecule has 2 heterocycles. The van der Waals surface area contributed by atoms with Crippen molar-refractivity contribution in [1.82, 2.24) is 14.7 Å². The quantitative estimate of drug-likeness (QED) is 0.720. The van der Waals surface area contributed by atoms with Crippen molar-refractivity contribution in [3.8, 4) is 17.2 Å². The summed E-state index contributed by atoms with van der Waals surface area (Å²) in [4.78, 5) is 17.0. The highest BCUT2D eigenvalue weighted by molar-refractivity contribution is 5.90. The van der Waals surface area contributed by atoms with E-state index in [0.29, 0.717) is 11.8 Å². The summed E-state index contributed by atoms with van der Waals surface area (Å²) in [5, 5.41) is 6.99. The minimum Gasteiger partial charge on any atom is -0.497 e. The number of hydrogen-bond acceptors (Lipinski definition) is 5. The van der Waals surface area contributed by atoms with E-state index in [9.17, 15) is 4.79 Å². The van der Waals surface area contributed by atoms with E-state index in [1.807, 2.05) is 48.7 Å². The van der Waals surface area contributed by atoms with Gasteiger partial charge in [-0.25, -0.2) is 0 Å². The van der Waals surface area contributed by atoms with Gasteiger partial charge in [-0.05, 0) is 57.0 Å². The van der Waals surface area contributed by atoms with Crippen LogP contribution in [0.5, 0.6) is 5.75 Å². The van der Waals surface area contributed by atoms with Crippen molar-refractivity contribution in [3.63, 3.8) is 0 Å². The summed E-state index contributed by atoms with van der Waals surface area (Å²) in [6, 6.07) is 9.24. The molecule has 0 saturated heterocycles. The second-order valence-corrected chi connectivity index (χ2v) is 6.88. The molecule has 1 amide bonds. The Morgan fingerprint density at radius 3 is 2.70 bits per heavy atom. The van der Waals surface area contributed by atoms with Gasteiger partial charge in [-0.1, -0.05) is 5.16 Å². The van der Waals surface area contributed by atoms with Crippen LogP contribution in [0, 0.1) is 13.8 Å². The van der Waals surface area contributed by atoms with E-state index in [4.69, 9.17) is 9.26 Å². The third kappa shape index (κ3) is 3.58. The third-order valence-electron chi connectivity index (χ3n) is 4.86. The van der Waals surface area contributed by atoms with E-state index in [0.717, 1.165) is 47.1 Å². The van der Waals surface area contributed by atoms with Gasteiger partial charge in [-0.3, -0.25) is 4.79 Å². The molecule has 0 radical (unpaired) electrons. The predicted molar refractivity (Wildman–Crippen MR) is 101 cm³/mol. The number of methoxy groups -OCH3 is 1. The molecule has 0 bridgehead atoms. The Labute approximate surface area is 157 Å². The highest BCUT2D eigenvalue weighted by Gasteiger charge is 2.29. The lowest BCUT2D eigenvalue weighted by Gasteiger charge is -2.10. The molecule has 1 aromatic carbocycles. The molecule has 1 aliphatic carbocycles. The molecule has 7 nitrogen and oxygen atoms in total. The van der Waals surface area contributed by atoms with Gasteiger partial charge in [0.15, 0.2) is 5.82 Å². The summed E-state index contributed by atoms with van der Waals surface area (Å²) in [5.41, 5.74) is 3.51. The molecule has 4 rings (SSSR count). The molecule has 1 saturated carbocycles. The van der Waals surface area contributed by atoms with Gasteiger partial charge in [0.05, 0.1) is 12.7 Å². The first kappa shape index (κ1) is 17.3. The molecule has 0 atom stereocenters. The van der Waals surface area contributed by atoms with Crippen molar-refractivity contribution in [2.24, 2.45) is 0 Å². The van der Waals surface area contributed by atoms with Gasteiger partial charge >= 0.3 is 0 Å². The van der Waals surface area contributed by atoms with Crippen LogP contribution in [0.1, 0.15) is 36.0 Å². The predicted octanol–water partition coefficient (Wildman–Crippen LogP) is 3.68. The molecule has 0 spiro atoms. The van der Waals surface area contributed by atoms with Gasteiger partial charge in [0.1, 0.15) is 12.3 Å². The number of amides is 1. The van der Waals surface area contributed by atoms with E-state index in [1.165, 1.54) is 0 Å². The lowest BCUT2D eigenvalue weighted by molar-refractivity contribution is -0.116. The molecule has 140 valence electrons. The molecule has 1 aliphatic rings. The minimum absolute atomic E-state index is 0.0993. The first-order chi connectivity index (χ1) is 13.0. The average molecular weight is 366 g/mol. The number of hydrogen-bond donors (Lipinski definition) is 1. The third-order valence-corrected chi connectivity index (χ3v) is 4.86. The van der Waals surface area contributed by atoms with E-state index >= 15 is 0 Å². The Bertz CT molecular complexity index is 968. The number of benzene rings is 1. The number of carbonyl (C=O) groups excluding carboxylic acids is 1. The van der Waals surface area contributed by atoms with Crippen molar-refractivity contribution in [1.29, 1.82) is 0 Å². The molecule has 7 heteroatoms. The standard InChI is InChI=1S/C20H22N4O3/c1-12-10-17(20-22-19(23-27-20)14-4-5-14)13(2)24(12)11-18(25)21-15-6-8-16(26-3)9-7-15/h6-10,14H,4-5,11H2,1-3H3,(H,21,25). The Morgan fingerprint density at radius 1 is 1.30 bits per heavy atom. The molecule has 3 aromatic rings.